The zero-order chi connectivity index (χ0) is 9.26. The first-order chi connectivity index (χ1) is 6.29. The van der Waals surface area contributed by atoms with Crippen molar-refractivity contribution in [1.82, 2.24) is 10.6 Å². The SMILES string of the molecule is CCC(=O)NCC1CC2CCC1N2. The largest absolute Gasteiger partial charge is 0.356 e. The molecule has 13 heavy (non-hydrogen) atoms. The minimum atomic E-state index is 0.183. The topological polar surface area (TPSA) is 41.1 Å². The summed E-state index contributed by atoms with van der Waals surface area (Å²) in [5.74, 6) is 0.872. The number of fused-ring (bicyclic) bond motifs is 2. The van der Waals surface area contributed by atoms with E-state index in [1.807, 2.05) is 6.92 Å². The van der Waals surface area contributed by atoms with Gasteiger partial charge in [0.1, 0.15) is 0 Å². The van der Waals surface area contributed by atoms with E-state index in [0.717, 1.165) is 12.6 Å². The minimum absolute atomic E-state index is 0.183. The van der Waals surface area contributed by atoms with Gasteiger partial charge in [-0.05, 0) is 25.2 Å². The monoisotopic (exact) mass is 182 g/mol. The lowest BCUT2D eigenvalue weighted by Gasteiger charge is -2.20. The van der Waals surface area contributed by atoms with E-state index >= 15 is 0 Å². The lowest BCUT2D eigenvalue weighted by atomic mass is 9.89. The number of hydrogen-bond donors (Lipinski definition) is 2. The highest BCUT2D eigenvalue weighted by Gasteiger charge is 2.38. The van der Waals surface area contributed by atoms with Crippen LogP contribution in [0.15, 0.2) is 0 Å². The summed E-state index contributed by atoms with van der Waals surface area (Å²) in [5, 5.41) is 6.55. The Labute approximate surface area is 79.3 Å². The van der Waals surface area contributed by atoms with Gasteiger partial charge >= 0.3 is 0 Å². The Bertz CT molecular complexity index is 205. The first-order valence-corrected chi connectivity index (χ1v) is 5.32. The maximum atomic E-state index is 11.0. The van der Waals surface area contributed by atoms with Crippen LogP contribution >= 0.6 is 0 Å². The van der Waals surface area contributed by atoms with Gasteiger partial charge in [0.05, 0.1) is 0 Å². The second-order valence-corrected chi connectivity index (χ2v) is 4.20. The summed E-state index contributed by atoms with van der Waals surface area (Å²) < 4.78 is 0. The highest BCUT2D eigenvalue weighted by Crippen LogP contribution is 2.32. The first kappa shape index (κ1) is 9.00. The van der Waals surface area contributed by atoms with Gasteiger partial charge in [-0.15, -0.1) is 0 Å². The summed E-state index contributed by atoms with van der Waals surface area (Å²) in [7, 11) is 0. The van der Waals surface area contributed by atoms with Crippen LogP contribution in [0.4, 0.5) is 0 Å². The Hall–Kier alpha value is -0.570. The number of hydrogen-bond acceptors (Lipinski definition) is 2. The summed E-state index contributed by atoms with van der Waals surface area (Å²) in [6.45, 7) is 2.77. The average Bonchev–Trinajstić information content (AvgIpc) is 2.74. The van der Waals surface area contributed by atoms with Crippen LogP contribution in [0.2, 0.25) is 0 Å². The predicted molar refractivity (Wildman–Crippen MR) is 51.4 cm³/mol. The van der Waals surface area contributed by atoms with E-state index < -0.39 is 0 Å². The van der Waals surface area contributed by atoms with Crippen LogP contribution in [0.5, 0.6) is 0 Å². The zero-order valence-corrected chi connectivity index (χ0v) is 8.18. The van der Waals surface area contributed by atoms with Gasteiger partial charge < -0.3 is 10.6 Å². The molecule has 2 heterocycles. The van der Waals surface area contributed by atoms with Gasteiger partial charge in [0.2, 0.25) is 5.91 Å². The number of rotatable bonds is 3. The van der Waals surface area contributed by atoms with Crippen LogP contribution in [0.1, 0.15) is 32.6 Å². The van der Waals surface area contributed by atoms with Crippen LogP contribution in [0.25, 0.3) is 0 Å². The Balaban J connectivity index is 1.74. The predicted octanol–water partition coefficient (Wildman–Crippen LogP) is 0.653. The summed E-state index contributed by atoms with van der Waals surface area (Å²) in [4.78, 5) is 11.0. The van der Waals surface area contributed by atoms with Crippen molar-refractivity contribution in [1.29, 1.82) is 0 Å². The molecule has 74 valence electrons. The highest BCUT2D eigenvalue weighted by molar-refractivity contribution is 5.75. The van der Waals surface area contributed by atoms with Crippen LogP contribution in [0.3, 0.4) is 0 Å². The van der Waals surface area contributed by atoms with Crippen LogP contribution in [-0.2, 0) is 4.79 Å². The van der Waals surface area contributed by atoms with Crippen LogP contribution < -0.4 is 10.6 Å². The number of carbonyl (C=O) groups excluding carboxylic acids is 1. The van der Waals surface area contributed by atoms with Gasteiger partial charge in [-0.2, -0.15) is 0 Å². The summed E-state index contributed by atoms with van der Waals surface area (Å²) >= 11 is 0. The smallest absolute Gasteiger partial charge is 0.219 e. The second-order valence-electron chi connectivity index (χ2n) is 4.20. The van der Waals surface area contributed by atoms with Crippen molar-refractivity contribution in [3.8, 4) is 0 Å². The Morgan fingerprint density at radius 2 is 2.38 bits per heavy atom. The van der Waals surface area contributed by atoms with Gasteiger partial charge in [0, 0.05) is 25.0 Å². The molecule has 0 saturated carbocycles. The third-order valence-corrected chi connectivity index (χ3v) is 3.31. The van der Waals surface area contributed by atoms with Gasteiger partial charge in [0.25, 0.3) is 0 Å². The van der Waals surface area contributed by atoms with Crippen molar-refractivity contribution in [3.63, 3.8) is 0 Å². The molecule has 2 fully saturated rings. The van der Waals surface area contributed by atoms with Crippen molar-refractivity contribution in [3.05, 3.63) is 0 Å². The Morgan fingerprint density at radius 1 is 1.54 bits per heavy atom. The third-order valence-electron chi connectivity index (χ3n) is 3.31. The molecule has 3 atom stereocenters. The van der Waals surface area contributed by atoms with Gasteiger partial charge in [-0.25, -0.2) is 0 Å². The fourth-order valence-corrected chi connectivity index (χ4v) is 2.53. The Kier molecular flexibility index (Phi) is 2.54. The second kappa shape index (κ2) is 3.66. The molecule has 2 aliphatic heterocycles. The number of carbonyl (C=O) groups is 1. The standard InChI is InChI=1S/C10H18N2O/c1-2-10(13)11-6-7-5-8-3-4-9(7)12-8/h7-9,12H,2-6H2,1H3,(H,11,13). The molecule has 2 rings (SSSR count). The van der Waals surface area contributed by atoms with Crippen LogP contribution in [0, 0.1) is 5.92 Å². The van der Waals surface area contributed by atoms with E-state index in [9.17, 15) is 4.79 Å². The highest BCUT2D eigenvalue weighted by atomic mass is 16.1. The van der Waals surface area contributed by atoms with E-state index in [1.165, 1.54) is 19.3 Å². The molecule has 3 nitrogen and oxygen atoms in total. The molecule has 0 spiro atoms. The molecule has 2 aliphatic rings. The molecule has 2 bridgehead atoms. The molecule has 1 amide bonds. The lowest BCUT2D eigenvalue weighted by Crippen LogP contribution is -2.34. The molecule has 0 aromatic heterocycles. The van der Waals surface area contributed by atoms with Gasteiger partial charge in [-0.3, -0.25) is 4.79 Å². The van der Waals surface area contributed by atoms with Crippen molar-refractivity contribution in [2.45, 2.75) is 44.7 Å². The number of amides is 1. The molecule has 2 N–H and O–H groups in total. The molecule has 0 aromatic rings. The average molecular weight is 182 g/mol. The quantitative estimate of drug-likeness (QED) is 0.673. The summed E-state index contributed by atoms with van der Waals surface area (Å²) in [6.07, 6.45) is 4.50. The zero-order valence-electron chi connectivity index (χ0n) is 8.18. The van der Waals surface area contributed by atoms with E-state index in [-0.39, 0.29) is 5.91 Å². The van der Waals surface area contributed by atoms with E-state index in [1.54, 1.807) is 0 Å². The molecule has 2 saturated heterocycles. The van der Waals surface area contributed by atoms with Crippen molar-refractivity contribution in [2.75, 3.05) is 6.54 Å². The van der Waals surface area contributed by atoms with E-state index in [0.29, 0.717) is 18.4 Å². The first-order valence-electron chi connectivity index (χ1n) is 5.32. The molecular formula is C10H18N2O. The maximum Gasteiger partial charge on any atom is 0.219 e. The van der Waals surface area contributed by atoms with Crippen molar-refractivity contribution < 1.29 is 4.79 Å². The molecule has 3 unspecified atom stereocenters. The fourth-order valence-electron chi connectivity index (χ4n) is 2.53. The van der Waals surface area contributed by atoms with Crippen molar-refractivity contribution >= 4 is 5.91 Å². The third kappa shape index (κ3) is 1.85. The fraction of sp³-hybridized carbons (Fsp3) is 0.900. The van der Waals surface area contributed by atoms with Gasteiger partial charge in [0.15, 0.2) is 0 Å². The van der Waals surface area contributed by atoms with Crippen LogP contribution in [-0.4, -0.2) is 24.5 Å². The Morgan fingerprint density at radius 3 is 2.92 bits per heavy atom. The molecule has 0 aromatic carbocycles. The van der Waals surface area contributed by atoms with Gasteiger partial charge in [-0.1, -0.05) is 6.92 Å². The maximum absolute atomic E-state index is 11.0. The molecule has 3 heteroatoms. The van der Waals surface area contributed by atoms with Crippen molar-refractivity contribution in [2.24, 2.45) is 5.92 Å². The normalized spacial score (nSPS) is 36.5. The molecular weight excluding hydrogens is 164 g/mol. The van der Waals surface area contributed by atoms with E-state index in [2.05, 4.69) is 10.6 Å². The number of nitrogens with one attached hydrogen (secondary N) is 2. The molecule has 0 aliphatic carbocycles. The lowest BCUT2D eigenvalue weighted by molar-refractivity contribution is -0.120. The summed E-state index contributed by atoms with van der Waals surface area (Å²) in [5.41, 5.74) is 0. The van der Waals surface area contributed by atoms with E-state index in [4.69, 9.17) is 0 Å². The molecule has 0 radical (unpaired) electrons. The summed E-state index contributed by atoms with van der Waals surface area (Å²) in [6, 6.07) is 1.43. The minimum Gasteiger partial charge on any atom is -0.356 e.